The molecule has 6 aliphatic rings. The second-order valence-corrected chi connectivity index (χ2v) is 26.8. The van der Waals surface area contributed by atoms with Gasteiger partial charge in [0.25, 0.3) is 0 Å². The van der Waals surface area contributed by atoms with Gasteiger partial charge in [0, 0.05) is 68.5 Å². The van der Waals surface area contributed by atoms with E-state index in [9.17, 15) is 0 Å². The Morgan fingerprint density at radius 3 is 0.890 bits per heavy atom. The van der Waals surface area contributed by atoms with Crippen molar-refractivity contribution in [2.24, 2.45) is 17.8 Å². The zero-order valence-corrected chi connectivity index (χ0v) is 48.3. The van der Waals surface area contributed by atoms with E-state index in [4.69, 9.17) is 0 Å². The number of anilines is 6. The molecule has 402 valence electrons. The van der Waals surface area contributed by atoms with Crippen LogP contribution in [0.15, 0.2) is 212 Å². The van der Waals surface area contributed by atoms with Crippen molar-refractivity contribution >= 4 is 66.4 Å². The van der Waals surface area contributed by atoms with Crippen molar-refractivity contribution in [3.63, 3.8) is 0 Å². The Morgan fingerprint density at radius 1 is 0.305 bits per heavy atom. The molecule has 9 atom stereocenters. The Bertz CT molecular complexity index is 4230. The van der Waals surface area contributed by atoms with Crippen LogP contribution in [-0.2, 0) is 0 Å². The van der Waals surface area contributed by atoms with Gasteiger partial charge in [-0.05, 0) is 255 Å². The quantitative estimate of drug-likeness (QED) is 0.147. The summed E-state index contributed by atoms with van der Waals surface area (Å²) >= 11 is 0. The van der Waals surface area contributed by atoms with Gasteiger partial charge in [-0.1, -0.05) is 148 Å². The van der Waals surface area contributed by atoms with Crippen LogP contribution in [0.4, 0.5) is 34.1 Å². The first kappa shape index (κ1) is 48.6. The molecule has 0 bridgehead atoms. The second-order valence-electron chi connectivity index (χ2n) is 26.8. The maximum Gasteiger partial charge on any atom is 0.0495 e. The molecule has 3 saturated carbocycles. The average molecular weight is 1060 g/mol. The lowest BCUT2D eigenvalue weighted by molar-refractivity contribution is 0.414. The first-order valence-corrected chi connectivity index (χ1v) is 30.8. The zero-order chi connectivity index (χ0) is 55.0. The Hall–Kier alpha value is -8.14. The SMILES string of the molecule is CC1CCC2(C)C1c1cc(-c3cc(-c4ccccc4)c4ccc5c(-c6ccc7c(c6)C6C(C)CCC6(C)N7c6ccccc6)cc(-c6ccc7c(c6)C6C(C)CCC6(C)N7c6ccccc6)c6ccc3c4c56)ccc1N2c1ccccc1. The van der Waals surface area contributed by atoms with E-state index in [-0.39, 0.29) is 16.6 Å². The summed E-state index contributed by atoms with van der Waals surface area (Å²) in [6.45, 7) is 15.1. The highest BCUT2D eigenvalue weighted by Gasteiger charge is 2.57. The number of nitrogens with zero attached hydrogens (tertiary/aromatic N) is 3. The van der Waals surface area contributed by atoms with E-state index in [1.165, 1.54) is 166 Å². The van der Waals surface area contributed by atoms with Gasteiger partial charge >= 0.3 is 0 Å². The fraction of sp³-hybridized carbons (Fsp3) is 0.266. The van der Waals surface area contributed by atoms with E-state index < -0.39 is 0 Å². The van der Waals surface area contributed by atoms with Crippen LogP contribution in [0, 0.1) is 17.8 Å². The minimum absolute atomic E-state index is 0.00945. The summed E-state index contributed by atoms with van der Waals surface area (Å²) in [4.78, 5) is 8.10. The van der Waals surface area contributed by atoms with Crippen molar-refractivity contribution in [1.82, 2.24) is 0 Å². The van der Waals surface area contributed by atoms with Gasteiger partial charge in [0.1, 0.15) is 0 Å². The van der Waals surface area contributed by atoms with Crippen molar-refractivity contribution in [1.29, 1.82) is 0 Å². The summed E-state index contributed by atoms with van der Waals surface area (Å²) in [5.74, 6) is 3.05. The van der Waals surface area contributed by atoms with E-state index in [0.29, 0.717) is 35.5 Å². The maximum absolute atomic E-state index is 2.70. The first-order valence-electron chi connectivity index (χ1n) is 30.8. The van der Waals surface area contributed by atoms with Crippen molar-refractivity contribution in [2.75, 3.05) is 14.7 Å². The average Bonchev–Trinajstić information content (AvgIpc) is 4.17. The van der Waals surface area contributed by atoms with Crippen LogP contribution >= 0.6 is 0 Å². The van der Waals surface area contributed by atoms with Crippen LogP contribution in [-0.4, -0.2) is 16.6 Å². The number of rotatable bonds is 7. The fourth-order valence-electron chi connectivity index (χ4n) is 19.0. The molecule has 0 saturated heterocycles. The minimum Gasteiger partial charge on any atom is -0.335 e. The van der Waals surface area contributed by atoms with Gasteiger partial charge in [-0.3, -0.25) is 0 Å². The monoisotopic (exact) mass is 1060 g/mol. The molecular weight excluding hydrogens is 991 g/mol. The molecule has 9 unspecified atom stereocenters. The van der Waals surface area contributed by atoms with Crippen molar-refractivity contribution in [3.8, 4) is 44.5 Å². The van der Waals surface area contributed by atoms with Crippen LogP contribution in [0.3, 0.4) is 0 Å². The topological polar surface area (TPSA) is 9.72 Å². The lowest BCUT2D eigenvalue weighted by Gasteiger charge is -2.38. The smallest absolute Gasteiger partial charge is 0.0495 e. The molecule has 0 aromatic heterocycles. The lowest BCUT2D eigenvalue weighted by Crippen LogP contribution is -2.40. The van der Waals surface area contributed by atoms with Crippen LogP contribution in [0.25, 0.3) is 76.8 Å². The molecule has 0 radical (unpaired) electrons. The van der Waals surface area contributed by atoms with Gasteiger partial charge in [-0.2, -0.15) is 0 Å². The highest BCUT2D eigenvalue weighted by atomic mass is 15.3. The molecule has 0 N–H and O–H groups in total. The van der Waals surface area contributed by atoms with Gasteiger partial charge in [-0.15, -0.1) is 0 Å². The molecular formula is C79H71N3. The van der Waals surface area contributed by atoms with E-state index in [1.54, 1.807) is 0 Å². The van der Waals surface area contributed by atoms with Crippen molar-refractivity contribution < 1.29 is 0 Å². The molecule has 3 fully saturated rings. The third kappa shape index (κ3) is 6.54. The van der Waals surface area contributed by atoms with Gasteiger partial charge in [0.15, 0.2) is 0 Å². The van der Waals surface area contributed by atoms with Gasteiger partial charge in [0.05, 0.1) is 0 Å². The molecule has 0 spiro atoms. The van der Waals surface area contributed by atoms with Gasteiger partial charge in [-0.25, -0.2) is 0 Å². The minimum atomic E-state index is 0.00945. The normalized spacial score (nSPS) is 26.7. The summed E-state index contributed by atoms with van der Waals surface area (Å²) in [6, 6.07) is 82.6. The van der Waals surface area contributed by atoms with Crippen LogP contribution in [0.2, 0.25) is 0 Å². The van der Waals surface area contributed by atoms with Gasteiger partial charge in [0.2, 0.25) is 0 Å². The van der Waals surface area contributed by atoms with E-state index in [0.717, 1.165) is 0 Å². The van der Waals surface area contributed by atoms with E-state index >= 15 is 0 Å². The maximum atomic E-state index is 2.70. The Labute approximate surface area is 484 Å². The predicted octanol–water partition coefficient (Wildman–Crippen LogP) is 21.5. The third-order valence-corrected chi connectivity index (χ3v) is 22.3. The second kappa shape index (κ2) is 17.4. The molecule has 17 rings (SSSR count). The predicted molar refractivity (Wildman–Crippen MR) is 346 cm³/mol. The largest absolute Gasteiger partial charge is 0.335 e. The molecule has 3 heterocycles. The molecule has 3 aliphatic heterocycles. The summed E-state index contributed by atoms with van der Waals surface area (Å²) in [7, 11) is 0. The Balaban J connectivity index is 0.934. The molecule has 3 aliphatic carbocycles. The number of fused-ring (bicyclic) bond motifs is 9. The van der Waals surface area contributed by atoms with E-state index in [1.807, 2.05) is 0 Å². The zero-order valence-electron chi connectivity index (χ0n) is 48.3. The summed E-state index contributed by atoms with van der Waals surface area (Å²) in [5.41, 5.74) is 22.9. The molecule has 3 heteroatoms. The number of benzene rings is 11. The van der Waals surface area contributed by atoms with Crippen LogP contribution in [0.5, 0.6) is 0 Å². The standard InChI is InChI=1S/C79H71N3/c1-48-37-40-77(4)74(48)66-43-52(27-34-69(66)80(77)55-21-13-8-14-22-55)63-46-62(51-19-11-7-12-20-51)58-30-31-60-64(53-28-35-70-67(44-53)75-49(2)38-41-78(75,5)81(70)56-23-15-9-16-24-56)47-65(61-33-32-59(63)72(58)73(60)61)54-29-36-71-68(45-54)76-50(3)39-42-79(76,6)82(71)57-25-17-10-18-26-57/h7-36,43-50,74-76H,37-42H2,1-6H3. The molecule has 82 heavy (non-hydrogen) atoms. The summed E-state index contributed by atoms with van der Waals surface area (Å²) in [5, 5.41) is 8.01. The highest BCUT2D eigenvalue weighted by molar-refractivity contribution is 6.32. The number of hydrogen-bond acceptors (Lipinski definition) is 3. The fourth-order valence-corrected chi connectivity index (χ4v) is 19.0. The third-order valence-electron chi connectivity index (χ3n) is 22.3. The van der Waals surface area contributed by atoms with Crippen LogP contribution < -0.4 is 14.7 Å². The van der Waals surface area contributed by atoms with Crippen LogP contribution in [0.1, 0.15) is 115 Å². The summed E-state index contributed by atoms with van der Waals surface area (Å²) in [6.07, 6.45) is 7.24. The molecule has 11 aromatic carbocycles. The molecule has 0 amide bonds. The molecule has 3 nitrogen and oxygen atoms in total. The van der Waals surface area contributed by atoms with Gasteiger partial charge < -0.3 is 14.7 Å². The Morgan fingerprint density at radius 2 is 0.585 bits per heavy atom. The number of hydrogen-bond donors (Lipinski definition) is 0. The Kier molecular flexibility index (Phi) is 10.3. The van der Waals surface area contributed by atoms with E-state index in [2.05, 4.69) is 269 Å². The summed E-state index contributed by atoms with van der Waals surface area (Å²) < 4.78 is 0. The van der Waals surface area contributed by atoms with Crippen molar-refractivity contribution in [2.45, 2.75) is 114 Å². The number of para-hydroxylation sites is 3. The highest BCUT2D eigenvalue weighted by Crippen LogP contribution is 2.65. The first-order chi connectivity index (χ1) is 40.0. The molecule has 11 aromatic rings. The van der Waals surface area contributed by atoms with Crippen molar-refractivity contribution in [3.05, 3.63) is 229 Å². The lowest BCUT2D eigenvalue weighted by atomic mass is 9.79.